The Balaban J connectivity index is 2.49. The maximum absolute atomic E-state index is 6.61. The molecule has 0 atom stereocenters. The number of allylic oxidation sites excluding steroid dienone is 3. The van der Waals surface area contributed by atoms with E-state index in [1.54, 1.807) is 6.21 Å². The molecule has 131 valence electrons. The predicted octanol–water partition coefficient (Wildman–Crippen LogP) is 5.84. The number of aryl methyl sites for hydroxylation is 1. The van der Waals surface area contributed by atoms with E-state index >= 15 is 0 Å². The van der Waals surface area contributed by atoms with E-state index in [1.165, 1.54) is 0 Å². The summed E-state index contributed by atoms with van der Waals surface area (Å²) in [6.07, 6.45) is 8.34. The number of halogens is 1. The van der Waals surface area contributed by atoms with E-state index in [2.05, 4.69) is 29.0 Å². The van der Waals surface area contributed by atoms with Crippen LogP contribution in [0.5, 0.6) is 0 Å². The Morgan fingerprint density at radius 3 is 2.54 bits per heavy atom. The molecule has 0 unspecified atom stereocenters. The number of hydrogen-bond acceptors (Lipinski definition) is 2. The van der Waals surface area contributed by atoms with Gasteiger partial charge in [0, 0.05) is 0 Å². The van der Waals surface area contributed by atoms with Crippen molar-refractivity contribution in [1.82, 2.24) is 4.98 Å². The number of aliphatic imine (C=N–C) groups is 1. The Hall–Kier alpha value is -2.26. The molecule has 1 radical (unpaired) electrons. The van der Waals surface area contributed by atoms with Crippen molar-refractivity contribution in [2.45, 2.75) is 34.1 Å². The van der Waals surface area contributed by atoms with E-state index in [0.717, 1.165) is 45.4 Å². The number of rotatable bonds is 6. The van der Waals surface area contributed by atoms with Crippen LogP contribution in [0, 0.1) is 6.92 Å². The normalized spacial score (nSPS) is 12.6. The standard InChI is InChI=1S/C22H23BClN2/c1-5-17(14-25-6-2)12-21(16(4)23)20-8-7-18(13-22(20)24)19-9-10-26-15(3)11-19/h6-14H,5H2,1-4H3/b17-14+,21-12+,25-6?. The molecule has 0 aliphatic heterocycles. The third-order valence-corrected chi connectivity index (χ3v) is 4.35. The van der Waals surface area contributed by atoms with Gasteiger partial charge in [0.1, 0.15) is 0 Å². The monoisotopic (exact) mass is 361 g/mol. The first-order valence-electron chi connectivity index (χ1n) is 8.67. The van der Waals surface area contributed by atoms with E-state index in [0.29, 0.717) is 5.02 Å². The number of hydrogen-bond donors (Lipinski definition) is 0. The second kappa shape index (κ2) is 9.44. The Kier molecular flexibility index (Phi) is 7.29. The van der Waals surface area contributed by atoms with Crippen molar-refractivity contribution in [3.63, 3.8) is 0 Å². The van der Waals surface area contributed by atoms with Crippen molar-refractivity contribution in [2.75, 3.05) is 0 Å². The number of benzene rings is 1. The Morgan fingerprint density at radius 1 is 1.23 bits per heavy atom. The second-order valence-electron chi connectivity index (χ2n) is 6.09. The molecule has 0 saturated heterocycles. The molecule has 2 nitrogen and oxygen atoms in total. The third-order valence-electron chi connectivity index (χ3n) is 4.04. The molecule has 26 heavy (non-hydrogen) atoms. The first-order chi connectivity index (χ1) is 12.5. The molecule has 1 heterocycles. The van der Waals surface area contributed by atoms with E-state index in [9.17, 15) is 0 Å². The van der Waals surface area contributed by atoms with Gasteiger partial charge in [-0.25, -0.2) is 0 Å². The molecule has 0 fully saturated rings. The molecule has 1 aromatic carbocycles. The van der Waals surface area contributed by atoms with Gasteiger partial charge >= 0.3 is 162 Å². The zero-order valence-electron chi connectivity index (χ0n) is 15.8. The minimum absolute atomic E-state index is 0.669. The summed E-state index contributed by atoms with van der Waals surface area (Å²) in [5.74, 6) is 0. The summed E-state index contributed by atoms with van der Waals surface area (Å²) < 4.78 is 0. The van der Waals surface area contributed by atoms with Gasteiger partial charge in [0.2, 0.25) is 0 Å². The summed E-state index contributed by atoms with van der Waals surface area (Å²) in [5, 5.41) is 0.669. The van der Waals surface area contributed by atoms with Gasteiger partial charge in [-0.15, -0.1) is 0 Å². The van der Waals surface area contributed by atoms with Gasteiger partial charge < -0.3 is 0 Å². The van der Waals surface area contributed by atoms with Gasteiger partial charge in [-0.05, 0) is 0 Å². The first-order valence-corrected chi connectivity index (χ1v) is 9.05. The summed E-state index contributed by atoms with van der Waals surface area (Å²) in [6, 6.07) is 10.1. The Morgan fingerprint density at radius 2 is 1.96 bits per heavy atom. The maximum atomic E-state index is 6.61. The number of nitrogens with zero attached hydrogens (tertiary/aromatic N) is 2. The number of aromatic nitrogens is 1. The molecule has 2 aromatic rings. The summed E-state index contributed by atoms with van der Waals surface area (Å²) >= 11 is 6.61. The van der Waals surface area contributed by atoms with Crippen molar-refractivity contribution in [2.24, 2.45) is 4.99 Å². The Labute approximate surface area is 162 Å². The molecule has 0 aliphatic carbocycles. The molecular weight excluding hydrogens is 339 g/mol. The van der Waals surface area contributed by atoms with Crippen LogP contribution >= 0.6 is 11.6 Å². The molecule has 0 amide bonds. The fourth-order valence-electron chi connectivity index (χ4n) is 2.63. The van der Waals surface area contributed by atoms with E-state index in [4.69, 9.17) is 19.1 Å². The van der Waals surface area contributed by atoms with Crippen LogP contribution in [0.2, 0.25) is 5.02 Å². The van der Waals surface area contributed by atoms with Crippen LogP contribution in [0.1, 0.15) is 38.4 Å². The van der Waals surface area contributed by atoms with E-state index < -0.39 is 0 Å². The summed E-state index contributed by atoms with van der Waals surface area (Å²) in [4.78, 5) is 8.46. The van der Waals surface area contributed by atoms with E-state index in [-0.39, 0.29) is 0 Å². The zero-order valence-corrected chi connectivity index (χ0v) is 16.5. The average molecular weight is 362 g/mol. The first kappa shape index (κ1) is 20.1. The number of pyridine rings is 1. The zero-order chi connectivity index (χ0) is 19.1. The minimum atomic E-state index is 0.669. The van der Waals surface area contributed by atoms with Gasteiger partial charge in [0.05, 0.1) is 0 Å². The quantitative estimate of drug-likeness (QED) is 0.360. The van der Waals surface area contributed by atoms with Gasteiger partial charge in [-0.1, -0.05) is 0 Å². The van der Waals surface area contributed by atoms with Crippen molar-refractivity contribution < 1.29 is 0 Å². The van der Waals surface area contributed by atoms with Crippen LogP contribution in [-0.2, 0) is 0 Å². The van der Waals surface area contributed by atoms with Gasteiger partial charge in [0.25, 0.3) is 0 Å². The molecule has 0 bridgehead atoms. The molecule has 0 aliphatic rings. The van der Waals surface area contributed by atoms with Crippen LogP contribution in [0.4, 0.5) is 0 Å². The molecule has 0 saturated carbocycles. The molecular formula is C22H23BClN2. The fraction of sp³-hybridized carbons (Fsp3) is 0.227. The Bertz CT molecular complexity index is 895. The molecule has 0 N–H and O–H groups in total. The van der Waals surface area contributed by atoms with Gasteiger partial charge in [-0.3, -0.25) is 0 Å². The van der Waals surface area contributed by atoms with Crippen molar-refractivity contribution in [3.8, 4) is 11.1 Å². The molecule has 4 heteroatoms. The van der Waals surface area contributed by atoms with Crippen LogP contribution in [-0.4, -0.2) is 24.1 Å². The van der Waals surface area contributed by atoms with Crippen LogP contribution in [0.25, 0.3) is 16.7 Å². The van der Waals surface area contributed by atoms with Crippen molar-refractivity contribution in [1.29, 1.82) is 0 Å². The van der Waals surface area contributed by atoms with Gasteiger partial charge in [0.15, 0.2) is 0 Å². The SMILES string of the molecule is [B]=C(C)/C(=C\C(=C\N=CC)CC)c1ccc(-c2ccnc(C)c2)cc1Cl. The third kappa shape index (κ3) is 5.12. The topological polar surface area (TPSA) is 25.2 Å². The molecule has 0 spiro atoms. The summed E-state index contributed by atoms with van der Waals surface area (Å²) in [6.45, 7) is 7.85. The predicted molar refractivity (Wildman–Crippen MR) is 116 cm³/mol. The molecule has 1 aromatic heterocycles. The van der Waals surface area contributed by atoms with Crippen LogP contribution in [0.15, 0.2) is 59.4 Å². The van der Waals surface area contributed by atoms with Crippen LogP contribution < -0.4 is 0 Å². The fourth-order valence-corrected chi connectivity index (χ4v) is 2.91. The van der Waals surface area contributed by atoms with Crippen molar-refractivity contribution in [3.05, 3.63) is 70.7 Å². The van der Waals surface area contributed by atoms with Gasteiger partial charge in [-0.2, -0.15) is 0 Å². The summed E-state index contributed by atoms with van der Waals surface area (Å²) in [5.41, 5.74) is 6.78. The second-order valence-corrected chi connectivity index (χ2v) is 6.49. The molecule has 2 rings (SSSR count). The van der Waals surface area contributed by atoms with Crippen molar-refractivity contribution >= 4 is 36.3 Å². The van der Waals surface area contributed by atoms with Crippen LogP contribution in [0.3, 0.4) is 0 Å². The average Bonchev–Trinajstić information content (AvgIpc) is 2.62. The van der Waals surface area contributed by atoms with E-state index in [1.807, 2.05) is 57.4 Å². The summed E-state index contributed by atoms with van der Waals surface area (Å²) in [7, 11) is 6.15.